The summed E-state index contributed by atoms with van der Waals surface area (Å²) in [6.07, 6.45) is 1.94. The van der Waals surface area contributed by atoms with Crippen LogP contribution in [0.4, 0.5) is 4.39 Å². The van der Waals surface area contributed by atoms with E-state index in [0.717, 1.165) is 4.31 Å². The molecule has 1 aromatic heterocycles. The Morgan fingerprint density at radius 3 is 2.53 bits per heavy atom. The highest BCUT2D eigenvalue weighted by molar-refractivity contribution is 7.89. The Bertz CT molecular complexity index is 1130. The van der Waals surface area contributed by atoms with Gasteiger partial charge in [0.1, 0.15) is 5.82 Å². The summed E-state index contributed by atoms with van der Waals surface area (Å²) < 4.78 is 44.6. The van der Waals surface area contributed by atoms with E-state index in [-0.39, 0.29) is 36.0 Å². The maximum absolute atomic E-state index is 13.0. The topological polar surface area (TPSA) is 92.5 Å². The smallest absolute Gasteiger partial charge is 0.242 e. The zero-order valence-corrected chi connectivity index (χ0v) is 17.4. The van der Waals surface area contributed by atoms with Crippen LogP contribution in [0.25, 0.3) is 11.3 Å². The van der Waals surface area contributed by atoms with Gasteiger partial charge < -0.3 is 9.73 Å². The third-order valence-electron chi connectivity index (χ3n) is 4.46. The predicted molar refractivity (Wildman–Crippen MR) is 109 cm³/mol. The molecule has 0 saturated carbocycles. The molecule has 30 heavy (non-hydrogen) atoms. The number of carbonyl (C=O) groups excluding carboxylic acids is 1. The number of halogens is 1. The van der Waals surface area contributed by atoms with Crippen molar-refractivity contribution in [3.8, 4) is 11.3 Å². The van der Waals surface area contributed by atoms with Gasteiger partial charge >= 0.3 is 0 Å². The molecule has 158 valence electrons. The van der Waals surface area contributed by atoms with Gasteiger partial charge in [0.15, 0.2) is 11.7 Å². The lowest BCUT2D eigenvalue weighted by Crippen LogP contribution is -2.27. The summed E-state index contributed by atoms with van der Waals surface area (Å²) in [6.45, 7) is 0.0918. The van der Waals surface area contributed by atoms with Crippen molar-refractivity contribution < 1.29 is 22.0 Å². The molecular weight excluding hydrogens is 409 g/mol. The fraction of sp³-hybridized carbons (Fsp3) is 0.238. The third kappa shape index (κ3) is 5.11. The summed E-state index contributed by atoms with van der Waals surface area (Å²) in [5.41, 5.74) is 1.20. The van der Waals surface area contributed by atoms with Crippen LogP contribution in [0.1, 0.15) is 17.9 Å². The summed E-state index contributed by atoms with van der Waals surface area (Å²) in [5, 5.41) is 2.73. The van der Waals surface area contributed by atoms with E-state index in [1.165, 1.54) is 38.5 Å². The fourth-order valence-electron chi connectivity index (χ4n) is 2.77. The maximum atomic E-state index is 13.0. The van der Waals surface area contributed by atoms with E-state index in [9.17, 15) is 17.6 Å². The highest BCUT2D eigenvalue weighted by Gasteiger charge is 2.20. The van der Waals surface area contributed by atoms with Crippen molar-refractivity contribution in [1.82, 2.24) is 14.6 Å². The maximum Gasteiger partial charge on any atom is 0.242 e. The molecule has 0 fully saturated rings. The number of oxazole rings is 1. The van der Waals surface area contributed by atoms with Crippen LogP contribution in [0.5, 0.6) is 0 Å². The van der Waals surface area contributed by atoms with Gasteiger partial charge in [-0.2, -0.15) is 0 Å². The van der Waals surface area contributed by atoms with Gasteiger partial charge in [-0.25, -0.2) is 22.1 Å². The second-order valence-corrected chi connectivity index (χ2v) is 8.92. The SMILES string of the molecule is CN(C)S(=O)(=O)c1ccccc1CNC(=O)CCc1ncc(-c2ccc(F)cc2)o1. The molecule has 0 saturated heterocycles. The number of nitrogens with one attached hydrogen (secondary N) is 1. The molecule has 3 aromatic rings. The van der Waals surface area contributed by atoms with Crippen LogP contribution < -0.4 is 5.32 Å². The summed E-state index contributed by atoms with van der Waals surface area (Å²) in [6, 6.07) is 12.4. The summed E-state index contributed by atoms with van der Waals surface area (Å²) in [4.78, 5) is 16.5. The molecule has 0 aliphatic rings. The Kier molecular flexibility index (Phi) is 6.63. The van der Waals surface area contributed by atoms with Crippen LogP contribution in [-0.2, 0) is 27.8 Å². The van der Waals surface area contributed by atoms with Crippen LogP contribution in [0.2, 0.25) is 0 Å². The van der Waals surface area contributed by atoms with Crippen molar-refractivity contribution in [2.45, 2.75) is 24.3 Å². The van der Waals surface area contributed by atoms with E-state index < -0.39 is 10.0 Å². The zero-order chi connectivity index (χ0) is 21.7. The van der Waals surface area contributed by atoms with E-state index in [2.05, 4.69) is 10.3 Å². The Balaban J connectivity index is 1.57. The van der Waals surface area contributed by atoms with E-state index >= 15 is 0 Å². The van der Waals surface area contributed by atoms with Gasteiger partial charge in [0.05, 0.1) is 11.1 Å². The molecule has 2 aromatic carbocycles. The van der Waals surface area contributed by atoms with E-state index in [1.807, 2.05) is 0 Å². The van der Waals surface area contributed by atoms with Crippen LogP contribution in [0, 0.1) is 5.82 Å². The van der Waals surface area contributed by atoms with Gasteiger partial charge in [-0.1, -0.05) is 18.2 Å². The number of nitrogens with zero attached hydrogens (tertiary/aromatic N) is 2. The Morgan fingerprint density at radius 1 is 1.13 bits per heavy atom. The molecule has 0 spiro atoms. The van der Waals surface area contributed by atoms with Gasteiger partial charge in [-0.05, 0) is 35.9 Å². The third-order valence-corrected chi connectivity index (χ3v) is 6.37. The number of amides is 1. The van der Waals surface area contributed by atoms with Gasteiger partial charge in [-0.3, -0.25) is 4.79 Å². The number of benzene rings is 2. The van der Waals surface area contributed by atoms with Crippen LogP contribution in [0.3, 0.4) is 0 Å². The number of sulfonamides is 1. The predicted octanol–water partition coefficient (Wildman–Crippen LogP) is 2.98. The summed E-state index contributed by atoms with van der Waals surface area (Å²) in [5.74, 6) is 0.289. The number of hydrogen-bond donors (Lipinski definition) is 1. The molecule has 0 bridgehead atoms. The van der Waals surface area contributed by atoms with Crippen LogP contribution in [0.15, 0.2) is 64.0 Å². The summed E-state index contributed by atoms with van der Waals surface area (Å²) >= 11 is 0. The fourth-order valence-corrected chi connectivity index (χ4v) is 3.89. The largest absolute Gasteiger partial charge is 0.441 e. The number of carbonyl (C=O) groups is 1. The van der Waals surface area contributed by atoms with Crippen molar-refractivity contribution in [2.75, 3.05) is 14.1 Å². The van der Waals surface area contributed by atoms with E-state index in [1.54, 1.807) is 30.3 Å². The van der Waals surface area contributed by atoms with Crippen LogP contribution >= 0.6 is 0 Å². The van der Waals surface area contributed by atoms with Crippen molar-refractivity contribution >= 4 is 15.9 Å². The lowest BCUT2D eigenvalue weighted by atomic mass is 10.2. The average Bonchev–Trinajstić information content (AvgIpc) is 3.20. The number of hydrogen-bond acceptors (Lipinski definition) is 5. The molecule has 3 rings (SSSR count). The number of aromatic nitrogens is 1. The Hall–Kier alpha value is -3.04. The van der Waals surface area contributed by atoms with Gasteiger partial charge in [0.25, 0.3) is 0 Å². The Morgan fingerprint density at radius 2 is 1.83 bits per heavy atom. The first kappa shape index (κ1) is 21.7. The van der Waals surface area contributed by atoms with Gasteiger partial charge in [-0.15, -0.1) is 0 Å². The Labute approximate surface area is 174 Å². The highest BCUT2D eigenvalue weighted by atomic mass is 32.2. The molecule has 1 heterocycles. The molecule has 0 aliphatic heterocycles. The van der Waals surface area contributed by atoms with E-state index in [0.29, 0.717) is 22.8 Å². The minimum atomic E-state index is -3.60. The monoisotopic (exact) mass is 431 g/mol. The molecule has 0 unspecified atom stereocenters. The normalized spacial score (nSPS) is 11.6. The van der Waals surface area contributed by atoms with Crippen molar-refractivity contribution in [2.24, 2.45) is 0 Å². The number of aryl methyl sites for hydroxylation is 1. The van der Waals surface area contributed by atoms with E-state index in [4.69, 9.17) is 4.42 Å². The summed E-state index contributed by atoms with van der Waals surface area (Å²) in [7, 11) is -0.684. The molecule has 0 aliphatic carbocycles. The quantitative estimate of drug-likeness (QED) is 0.592. The minimum Gasteiger partial charge on any atom is -0.441 e. The highest BCUT2D eigenvalue weighted by Crippen LogP contribution is 2.21. The first-order valence-electron chi connectivity index (χ1n) is 9.25. The molecular formula is C21H22FN3O4S. The second kappa shape index (κ2) is 9.19. The first-order chi connectivity index (χ1) is 14.3. The van der Waals surface area contributed by atoms with Crippen molar-refractivity contribution in [3.05, 3.63) is 72.0 Å². The number of rotatable bonds is 8. The van der Waals surface area contributed by atoms with Gasteiger partial charge in [0.2, 0.25) is 15.9 Å². The molecule has 0 atom stereocenters. The van der Waals surface area contributed by atoms with Gasteiger partial charge in [0, 0.05) is 39.0 Å². The molecule has 7 nitrogen and oxygen atoms in total. The molecule has 1 amide bonds. The standard InChI is InChI=1S/C21H22FN3O4S/c1-25(2)30(27,28)19-6-4-3-5-16(19)13-23-20(26)11-12-21-24-14-18(29-21)15-7-9-17(22)10-8-15/h3-10,14H,11-13H2,1-2H3,(H,23,26). The zero-order valence-electron chi connectivity index (χ0n) is 16.6. The van der Waals surface area contributed by atoms with Crippen molar-refractivity contribution in [3.63, 3.8) is 0 Å². The molecule has 9 heteroatoms. The molecule has 0 radical (unpaired) electrons. The molecule has 1 N–H and O–H groups in total. The lowest BCUT2D eigenvalue weighted by Gasteiger charge is -2.15. The minimum absolute atomic E-state index is 0.0918. The second-order valence-electron chi connectivity index (χ2n) is 6.80. The first-order valence-corrected chi connectivity index (χ1v) is 10.7. The lowest BCUT2D eigenvalue weighted by molar-refractivity contribution is -0.121. The van der Waals surface area contributed by atoms with Crippen molar-refractivity contribution in [1.29, 1.82) is 0 Å². The average molecular weight is 431 g/mol. The van der Waals surface area contributed by atoms with Crippen LogP contribution in [-0.4, -0.2) is 37.7 Å².